The van der Waals surface area contributed by atoms with Crippen LogP contribution in [0.5, 0.6) is 0 Å². The van der Waals surface area contributed by atoms with Gasteiger partial charge in [-0.25, -0.2) is 0 Å². The number of hydrogen-bond donors (Lipinski definition) is 2. The fraction of sp³-hybridized carbons (Fsp3) is 1.00. The van der Waals surface area contributed by atoms with Gasteiger partial charge in [0.1, 0.15) is 0 Å². The zero-order valence-electron chi connectivity index (χ0n) is 14.8. The Hall–Kier alpha value is 0.870. The van der Waals surface area contributed by atoms with Crippen molar-refractivity contribution in [2.24, 2.45) is 5.92 Å². The van der Waals surface area contributed by atoms with Crippen molar-refractivity contribution in [3.8, 4) is 0 Å². The van der Waals surface area contributed by atoms with Gasteiger partial charge in [0.05, 0.1) is 0 Å². The van der Waals surface area contributed by atoms with E-state index in [1.54, 1.807) is 0 Å². The predicted molar refractivity (Wildman–Crippen MR) is 82.0 cm³/mol. The molecule has 0 saturated heterocycles. The van der Waals surface area contributed by atoms with Crippen molar-refractivity contribution in [1.29, 1.82) is 0 Å². The van der Waals surface area contributed by atoms with Gasteiger partial charge >= 0.3 is 40.0 Å². The molecule has 120 valence electrons. The molecule has 0 amide bonds. The minimum absolute atomic E-state index is 0. The van der Waals surface area contributed by atoms with Gasteiger partial charge in [0.15, 0.2) is 0 Å². The van der Waals surface area contributed by atoms with Gasteiger partial charge < -0.3 is 1.43 Å². The molecule has 0 heterocycles. The maximum atomic E-state index is 8.74. The van der Waals surface area contributed by atoms with Crippen molar-refractivity contribution in [3.05, 3.63) is 0 Å². The first-order valence-electron chi connectivity index (χ1n) is 7.54. The van der Waals surface area contributed by atoms with Crippen LogP contribution in [0.4, 0.5) is 0 Å². The van der Waals surface area contributed by atoms with Gasteiger partial charge in [0.2, 0.25) is 0 Å². The summed E-state index contributed by atoms with van der Waals surface area (Å²) in [5.74, 6) is 1.01. The van der Waals surface area contributed by atoms with E-state index in [0.717, 1.165) is 5.92 Å². The number of rotatable bonds is 10. The molecule has 0 radical (unpaired) electrons. The second-order valence-electron chi connectivity index (χ2n) is 5.04. The molecule has 0 aromatic heterocycles. The van der Waals surface area contributed by atoms with Crippen LogP contribution in [0.1, 0.15) is 86.4 Å². The Morgan fingerprint density at radius 3 is 1.55 bits per heavy atom. The van der Waals surface area contributed by atoms with E-state index in [-0.39, 0.29) is 31.0 Å². The summed E-state index contributed by atoms with van der Waals surface area (Å²) in [5, 5.41) is 0. The van der Waals surface area contributed by atoms with Gasteiger partial charge in [-0.1, -0.05) is 85.0 Å². The Kier molecular flexibility index (Phi) is 23.1. The van der Waals surface area contributed by atoms with Gasteiger partial charge in [0.25, 0.3) is 0 Å². The van der Waals surface area contributed by atoms with E-state index >= 15 is 0 Å². The van der Waals surface area contributed by atoms with Crippen LogP contribution in [-0.2, 0) is 10.4 Å². The van der Waals surface area contributed by atoms with Crippen LogP contribution in [0.15, 0.2) is 0 Å². The van der Waals surface area contributed by atoms with E-state index in [4.69, 9.17) is 17.5 Å². The summed E-state index contributed by atoms with van der Waals surface area (Å²) in [4.78, 5) is 0. The smallest absolute Gasteiger partial charge is 1.00 e. The molecule has 0 spiro atoms. The summed E-state index contributed by atoms with van der Waals surface area (Å²) in [7, 11) is -4.67. The Morgan fingerprint density at radius 1 is 0.850 bits per heavy atom. The summed E-state index contributed by atoms with van der Waals surface area (Å²) >= 11 is 0. The summed E-state index contributed by atoms with van der Waals surface area (Å²) in [6.45, 7) is 6.94. The SMILES string of the molecule is CCCCCCCCCC(CC)CC.O=S(=O)(O)O.[H-].[Na+]. The van der Waals surface area contributed by atoms with Crippen LogP contribution in [0.2, 0.25) is 0 Å². The maximum absolute atomic E-state index is 8.74. The van der Waals surface area contributed by atoms with Crippen LogP contribution in [-0.4, -0.2) is 17.5 Å². The van der Waals surface area contributed by atoms with Crippen molar-refractivity contribution in [1.82, 2.24) is 0 Å². The van der Waals surface area contributed by atoms with Crippen molar-refractivity contribution in [3.63, 3.8) is 0 Å². The fourth-order valence-corrected chi connectivity index (χ4v) is 2.09. The molecule has 0 aliphatic heterocycles. The summed E-state index contributed by atoms with van der Waals surface area (Å²) < 4.78 is 31.6. The molecular formula is C14H33NaO4S. The van der Waals surface area contributed by atoms with E-state index in [9.17, 15) is 0 Å². The van der Waals surface area contributed by atoms with Crippen LogP contribution >= 0.6 is 0 Å². The van der Waals surface area contributed by atoms with Crippen molar-refractivity contribution >= 4 is 10.4 Å². The normalized spacial score (nSPS) is 10.7. The zero-order chi connectivity index (χ0) is 15.1. The minimum Gasteiger partial charge on any atom is -1.00 e. The van der Waals surface area contributed by atoms with E-state index in [1.165, 1.54) is 64.2 Å². The van der Waals surface area contributed by atoms with E-state index in [1.807, 2.05) is 0 Å². The average Bonchev–Trinajstić information content (AvgIpc) is 2.31. The Bertz CT molecular complexity index is 262. The first kappa shape index (κ1) is 25.8. The third-order valence-corrected chi connectivity index (χ3v) is 3.37. The Balaban J connectivity index is -0.000000179. The molecule has 0 aliphatic carbocycles. The third-order valence-electron chi connectivity index (χ3n) is 3.37. The molecule has 0 aromatic rings. The molecule has 6 heteroatoms. The largest absolute Gasteiger partial charge is 1.00 e. The third kappa shape index (κ3) is 31.3. The van der Waals surface area contributed by atoms with Gasteiger partial charge in [-0.15, -0.1) is 0 Å². The molecule has 0 unspecified atom stereocenters. The Morgan fingerprint density at radius 2 is 1.20 bits per heavy atom. The van der Waals surface area contributed by atoms with Crippen LogP contribution < -0.4 is 29.6 Å². The summed E-state index contributed by atoms with van der Waals surface area (Å²) in [6, 6.07) is 0. The monoisotopic (exact) mass is 320 g/mol. The summed E-state index contributed by atoms with van der Waals surface area (Å²) in [6.07, 6.45) is 14.4. The van der Waals surface area contributed by atoms with Crippen molar-refractivity contribution in [2.75, 3.05) is 0 Å². The minimum atomic E-state index is -4.67. The van der Waals surface area contributed by atoms with E-state index < -0.39 is 10.4 Å². The number of hydrogen-bond acceptors (Lipinski definition) is 2. The molecule has 2 N–H and O–H groups in total. The zero-order valence-corrected chi connectivity index (χ0v) is 16.6. The fourth-order valence-electron chi connectivity index (χ4n) is 2.09. The predicted octanol–water partition coefficient (Wildman–Crippen LogP) is 2.03. The van der Waals surface area contributed by atoms with Gasteiger partial charge in [-0.05, 0) is 5.92 Å². The second kappa shape index (κ2) is 17.9. The van der Waals surface area contributed by atoms with E-state index in [0.29, 0.717) is 0 Å². The standard InChI is InChI=1S/C14H30.Na.H2O4S.H/c1-4-7-8-9-10-11-12-13-14(5-2)6-3;;1-5(2,3)4;/h14H,4-13H2,1-3H3;;(H2,1,2,3,4);/q;+1;;-1. The molecule has 0 rings (SSSR count). The first-order valence-corrected chi connectivity index (χ1v) is 8.94. The topological polar surface area (TPSA) is 74.6 Å². The number of unbranched alkanes of at least 4 members (excludes halogenated alkanes) is 6. The molecular weight excluding hydrogens is 287 g/mol. The van der Waals surface area contributed by atoms with Crippen molar-refractivity contribution in [2.45, 2.75) is 85.0 Å². The van der Waals surface area contributed by atoms with E-state index in [2.05, 4.69) is 20.8 Å². The maximum Gasteiger partial charge on any atom is 1.00 e. The van der Waals surface area contributed by atoms with Gasteiger partial charge in [-0.3, -0.25) is 9.11 Å². The Labute approximate surface area is 149 Å². The van der Waals surface area contributed by atoms with Gasteiger partial charge in [-0.2, -0.15) is 8.42 Å². The first-order chi connectivity index (χ1) is 8.85. The average molecular weight is 320 g/mol. The summed E-state index contributed by atoms with van der Waals surface area (Å²) in [5.41, 5.74) is 0. The molecule has 0 aliphatic rings. The molecule has 20 heavy (non-hydrogen) atoms. The van der Waals surface area contributed by atoms with Crippen LogP contribution in [0, 0.1) is 5.92 Å². The molecule has 0 aromatic carbocycles. The van der Waals surface area contributed by atoms with Gasteiger partial charge in [0, 0.05) is 0 Å². The molecule has 0 bridgehead atoms. The molecule has 0 fully saturated rings. The molecule has 4 nitrogen and oxygen atoms in total. The van der Waals surface area contributed by atoms with Crippen LogP contribution in [0.25, 0.3) is 0 Å². The quantitative estimate of drug-likeness (QED) is 0.367. The second-order valence-corrected chi connectivity index (χ2v) is 5.94. The van der Waals surface area contributed by atoms with Crippen LogP contribution in [0.3, 0.4) is 0 Å². The molecule has 0 saturated carbocycles. The van der Waals surface area contributed by atoms with Crippen molar-refractivity contribution < 1.29 is 48.5 Å². The molecule has 0 atom stereocenters.